The highest BCUT2D eigenvalue weighted by Crippen LogP contribution is 2.10. The second-order valence-corrected chi connectivity index (χ2v) is 11.8. The molecule has 0 saturated carbocycles. The van der Waals surface area contributed by atoms with Gasteiger partial charge in [0.15, 0.2) is 5.96 Å². The number of nitrogens with zero attached hydrogens (tertiary/aromatic N) is 2. The van der Waals surface area contributed by atoms with Crippen LogP contribution in [0.5, 0.6) is 5.75 Å². The Balaban J connectivity index is -0.000000596. The van der Waals surface area contributed by atoms with Gasteiger partial charge in [0.25, 0.3) is 0 Å². The molecule has 2 rings (SSSR count). The zero-order valence-corrected chi connectivity index (χ0v) is 30.4. The number of aromatic nitrogens is 2. The van der Waals surface area contributed by atoms with E-state index in [2.05, 4.69) is 15.0 Å². The summed E-state index contributed by atoms with van der Waals surface area (Å²) in [4.78, 5) is 61.2. The molecule has 21 N–H and O–H groups in total. The molecule has 0 aliphatic heterocycles. The fraction of sp³-hybridized carbons (Fsp3) is 0.531. The molecular formula is C32H58N10O11. The van der Waals surface area contributed by atoms with Gasteiger partial charge in [-0.05, 0) is 48.8 Å². The number of H-pyrrole nitrogens is 1. The first kappa shape index (κ1) is 52.0. The van der Waals surface area contributed by atoms with Crippen LogP contribution in [0.15, 0.2) is 41.8 Å². The Morgan fingerprint density at radius 1 is 0.736 bits per heavy atom. The van der Waals surface area contributed by atoms with Crippen molar-refractivity contribution < 1.29 is 54.6 Å². The van der Waals surface area contributed by atoms with Crippen molar-refractivity contribution in [3.05, 3.63) is 48.0 Å². The predicted octanol–water partition coefficient (Wildman–Crippen LogP) is -1.34. The highest BCUT2D eigenvalue weighted by atomic mass is 16.4. The highest BCUT2D eigenvalue weighted by Gasteiger charge is 2.17. The molecular weight excluding hydrogens is 700 g/mol. The van der Waals surface area contributed by atoms with Gasteiger partial charge in [-0.2, -0.15) is 0 Å². The molecule has 0 fully saturated rings. The first-order valence-corrected chi connectivity index (χ1v) is 16.2. The molecule has 0 aliphatic rings. The number of phenolic OH excluding ortho intramolecular Hbond substituents is 1. The van der Waals surface area contributed by atoms with Crippen LogP contribution in [-0.4, -0.2) is 113 Å². The molecule has 0 radical (unpaired) electrons. The van der Waals surface area contributed by atoms with E-state index >= 15 is 0 Å². The molecule has 53 heavy (non-hydrogen) atoms. The number of carboxylic acid groups (broad SMARTS) is 5. The molecule has 0 spiro atoms. The maximum atomic E-state index is 10.4. The second kappa shape index (κ2) is 29.3. The van der Waals surface area contributed by atoms with E-state index in [4.69, 9.17) is 70.8 Å². The molecule has 0 aliphatic carbocycles. The van der Waals surface area contributed by atoms with E-state index in [1.54, 1.807) is 32.2 Å². The first-order chi connectivity index (χ1) is 24.5. The summed E-state index contributed by atoms with van der Waals surface area (Å²) < 4.78 is 0. The Hall–Kier alpha value is -5.35. The minimum Gasteiger partial charge on any atom is -0.508 e. The van der Waals surface area contributed by atoms with Crippen molar-refractivity contribution in [3.63, 3.8) is 0 Å². The number of carboxylic acids is 5. The number of nitrogens with one attached hydrogen (secondary N) is 1. The molecule has 6 atom stereocenters. The number of imidazole rings is 1. The van der Waals surface area contributed by atoms with E-state index in [0.29, 0.717) is 19.4 Å². The maximum Gasteiger partial charge on any atom is 0.320 e. The van der Waals surface area contributed by atoms with E-state index in [-0.39, 0.29) is 36.4 Å². The van der Waals surface area contributed by atoms with Crippen LogP contribution in [0.2, 0.25) is 0 Å². The number of aliphatic imine (C=N–C) groups is 1. The number of hydrogen-bond acceptors (Lipinski definition) is 13. The summed E-state index contributed by atoms with van der Waals surface area (Å²) >= 11 is 0. The van der Waals surface area contributed by atoms with Crippen molar-refractivity contribution in [2.24, 2.45) is 57.0 Å². The van der Waals surface area contributed by atoms with Crippen LogP contribution in [0.25, 0.3) is 0 Å². The molecule has 0 saturated heterocycles. The van der Waals surface area contributed by atoms with Crippen LogP contribution in [0, 0.1) is 11.8 Å². The third-order valence-corrected chi connectivity index (χ3v) is 6.85. The minimum atomic E-state index is -1.02. The van der Waals surface area contributed by atoms with Crippen molar-refractivity contribution in [3.8, 4) is 5.75 Å². The third-order valence-electron chi connectivity index (χ3n) is 6.85. The molecule has 2 aromatic rings. The third kappa shape index (κ3) is 29.0. The number of phenols is 1. The molecule has 1 aromatic carbocycles. The number of aromatic hydroxyl groups is 1. The SMILES string of the molecule is CC(C)[C@H](N)C(=O)O.CC[C@H](C)[C@H](N)C(=O)O.NC(N)=NCCC[C@H](N)C(=O)O.N[C@@H](Cc1ccc(O)cc1)C(=O)O.N[C@@H](Cc1cnc[nH]1)C(=O)O. The van der Waals surface area contributed by atoms with Gasteiger partial charge in [0, 0.05) is 24.9 Å². The van der Waals surface area contributed by atoms with E-state index in [1.807, 2.05) is 13.8 Å². The van der Waals surface area contributed by atoms with Gasteiger partial charge >= 0.3 is 29.8 Å². The zero-order chi connectivity index (χ0) is 41.8. The first-order valence-electron chi connectivity index (χ1n) is 16.2. The highest BCUT2D eigenvalue weighted by molar-refractivity contribution is 5.76. The predicted molar refractivity (Wildman–Crippen MR) is 196 cm³/mol. The smallest absolute Gasteiger partial charge is 0.320 e. The molecule has 21 nitrogen and oxygen atoms in total. The van der Waals surface area contributed by atoms with E-state index in [0.717, 1.165) is 17.7 Å². The molecule has 21 heteroatoms. The van der Waals surface area contributed by atoms with Crippen molar-refractivity contribution >= 4 is 35.8 Å². The van der Waals surface area contributed by atoms with Gasteiger partial charge in [0.05, 0.1) is 6.33 Å². The average Bonchev–Trinajstić information content (AvgIpc) is 3.60. The van der Waals surface area contributed by atoms with Gasteiger partial charge in [-0.15, -0.1) is 0 Å². The van der Waals surface area contributed by atoms with E-state index < -0.39 is 60.1 Å². The Morgan fingerprint density at radius 3 is 1.53 bits per heavy atom. The van der Waals surface area contributed by atoms with Crippen LogP contribution < -0.4 is 40.1 Å². The monoisotopic (exact) mass is 758 g/mol. The zero-order valence-electron chi connectivity index (χ0n) is 30.4. The summed E-state index contributed by atoms with van der Waals surface area (Å²) in [5, 5.41) is 50.9. The lowest BCUT2D eigenvalue weighted by Crippen LogP contribution is -2.36. The normalized spacial score (nSPS) is 13.4. The fourth-order valence-electron chi connectivity index (χ4n) is 3.12. The number of rotatable bonds is 16. The van der Waals surface area contributed by atoms with Crippen molar-refractivity contribution in [1.82, 2.24) is 9.97 Å². The van der Waals surface area contributed by atoms with Crippen LogP contribution in [0.4, 0.5) is 0 Å². The second-order valence-electron chi connectivity index (χ2n) is 11.8. The maximum absolute atomic E-state index is 10.4. The number of hydrogen-bond donors (Lipinski definition) is 14. The van der Waals surface area contributed by atoms with Crippen LogP contribution in [0.3, 0.4) is 0 Å². The number of aromatic amines is 1. The molecule has 302 valence electrons. The number of carbonyl (C=O) groups is 5. The molecule has 0 amide bonds. The summed E-state index contributed by atoms with van der Waals surface area (Å²) in [6, 6.07) is 2.34. The standard InChI is InChI=1S/C9H11NO3.C6H14N4O2.C6H9N3O2.C6H13NO2.C5H11NO2/c10-8(9(12)13)5-6-1-3-7(11)4-2-6;7-4(5(11)12)2-1-3-10-6(8)9;7-5(6(10)11)1-4-2-8-3-9-4;1-3-4(2)5(7)6(8)9;1-3(2)4(6)5(7)8/h1-4,8,11H,5,10H2,(H,12,13);4H,1-3,7H2,(H,11,12)(H4,8,9,10);2-3,5H,1,7H2,(H,8,9)(H,10,11);4-5H,3,7H2,1-2H3,(H,8,9);3-4H,6H2,1-2H3,(H,7,8)/t8-;4-;5-;4-,5-;4-/m00000/s1. The molecule has 1 aromatic heterocycles. The number of nitrogens with two attached hydrogens (primary N) is 7. The van der Waals surface area contributed by atoms with Gasteiger partial charge in [-0.25, -0.2) is 4.98 Å². The fourth-order valence-corrected chi connectivity index (χ4v) is 3.12. The molecule has 0 bridgehead atoms. The summed E-state index contributed by atoms with van der Waals surface area (Å²) in [7, 11) is 0. The summed E-state index contributed by atoms with van der Waals surface area (Å²) in [5.41, 5.74) is 37.9. The average molecular weight is 759 g/mol. The number of guanidine groups is 1. The van der Waals surface area contributed by atoms with Gasteiger partial charge in [0.1, 0.15) is 36.0 Å². The largest absolute Gasteiger partial charge is 0.508 e. The lowest BCUT2D eigenvalue weighted by Gasteiger charge is -2.11. The summed E-state index contributed by atoms with van der Waals surface area (Å²) in [6.45, 7) is 7.73. The quantitative estimate of drug-likeness (QED) is 0.0535. The van der Waals surface area contributed by atoms with E-state index in [1.165, 1.54) is 18.5 Å². The lowest BCUT2D eigenvalue weighted by molar-refractivity contribution is -0.140. The molecule has 0 unspecified atom stereocenters. The van der Waals surface area contributed by atoms with Crippen molar-refractivity contribution in [2.45, 2.75) is 90.0 Å². The van der Waals surface area contributed by atoms with Gasteiger partial charge in [-0.3, -0.25) is 29.0 Å². The van der Waals surface area contributed by atoms with Gasteiger partial charge in [-0.1, -0.05) is 46.2 Å². The number of aliphatic carboxylic acids is 5. The summed E-state index contributed by atoms with van der Waals surface area (Å²) in [5.74, 6) is -4.60. The Kier molecular flexibility index (Phi) is 28.7. The van der Waals surface area contributed by atoms with Gasteiger partial charge in [0.2, 0.25) is 0 Å². The van der Waals surface area contributed by atoms with E-state index in [9.17, 15) is 24.0 Å². The summed E-state index contributed by atoms with van der Waals surface area (Å²) in [6.07, 6.45) is 5.38. The van der Waals surface area contributed by atoms with Gasteiger partial charge < -0.3 is 75.8 Å². The van der Waals surface area contributed by atoms with Crippen molar-refractivity contribution in [1.29, 1.82) is 0 Å². The Bertz CT molecular complexity index is 1360. The van der Waals surface area contributed by atoms with Crippen LogP contribution >= 0.6 is 0 Å². The topological polar surface area (TPSA) is 430 Å². The Labute approximate surface area is 307 Å². The van der Waals surface area contributed by atoms with Crippen molar-refractivity contribution in [2.75, 3.05) is 6.54 Å². The minimum absolute atomic E-state index is 0.0129. The lowest BCUT2D eigenvalue weighted by atomic mass is 10.0. The van der Waals surface area contributed by atoms with Crippen LogP contribution in [-0.2, 0) is 36.8 Å². The van der Waals surface area contributed by atoms with Crippen LogP contribution in [0.1, 0.15) is 58.2 Å². The Morgan fingerprint density at radius 2 is 1.21 bits per heavy atom. The number of benzene rings is 1. The molecule has 1 heterocycles.